The third kappa shape index (κ3) is 4.28. The van der Waals surface area contributed by atoms with E-state index in [2.05, 4.69) is 5.32 Å². The third-order valence-electron chi connectivity index (χ3n) is 6.70. The number of nitrogens with one attached hydrogen (secondary N) is 1. The normalized spacial score (nSPS) is 19.8. The van der Waals surface area contributed by atoms with E-state index in [4.69, 9.17) is 11.6 Å². The molecule has 0 radical (unpaired) electrons. The quantitative estimate of drug-likeness (QED) is 0.399. The van der Waals surface area contributed by atoms with Gasteiger partial charge in [0.2, 0.25) is 0 Å². The number of halogens is 4. The second-order valence-electron chi connectivity index (χ2n) is 9.07. The Kier molecular flexibility index (Phi) is 6.12. The molecule has 0 unspecified atom stereocenters. The molecule has 0 saturated carbocycles. The van der Waals surface area contributed by atoms with Crippen LogP contribution in [-0.4, -0.2) is 17.9 Å². The Bertz CT molecular complexity index is 1380. The van der Waals surface area contributed by atoms with Crippen molar-refractivity contribution in [3.63, 3.8) is 0 Å². The second kappa shape index (κ2) is 9.13. The molecule has 3 aromatic rings. The first kappa shape index (κ1) is 24.1. The lowest BCUT2D eigenvalue weighted by atomic mass is 9.78. The number of carbonyl (C=O) groups excluding carboxylic acids is 2. The number of hydrogen-bond donors (Lipinski definition) is 1. The summed E-state index contributed by atoms with van der Waals surface area (Å²) in [5.74, 6) is -2.55. The van der Waals surface area contributed by atoms with Gasteiger partial charge in [-0.3, -0.25) is 14.5 Å². The molecule has 2 aliphatic rings. The number of benzene rings is 3. The van der Waals surface area contributed by atoms with E-state index in [1.165, 1.54) is 6.07 Å². The number of Topliss-reactive ketones (excluding diaryl/α,β-unsaturated/α-hetero) is 1. The number of ketones is 1. The molecule has 2 atom stereocenters. The average Bonchev–Trinajstić information content (AvgIpc) is 2.98. The number of fused-ring (bicyclic) bond motifs is 1. The summed E-state index contributed by atoms with van der Waals surface area (Å²) < 4.78 is 41.8. The van der Waals surface area contributed by atoms with Crippen LogP contribution < -0.4 is 10.2 Å². The van der Waals surface area contributed by atoms with Crippen molar-refractivity contribution in [2.45, 2.75) is 37.9 Å². The van der Waals surface area contributed by atoms with Gasteiger partial charge in [-0.2, -0.15) is 13.2 Å². The molecule has 8 heteroatoms. The minimum absolute atomic E-state index is 0.0267. The van der Waals surface area contributed by atoms with Crippen LogP contribution in [0.25, 0.3) is 0 Å². The number of hydrogen-bond acceptors (Lipinski definition) is 3. The van der Waals surface area contributed by atoms with Crippen LogP contribution >= 0.6 is 11.6 Å². The maximum absolute atomic E-state index is 13.9. The molecule has 1 aliphatic heterocycles. The lowest BCUT2D eigenvalue weighted by Crippen LogP contribution is -2.45. The number of aryl methyl sites for hydroxylation is 1. The van der Waals surface area contributed by atoms with E-state index in [1.807, 2.05) is 31.2 Å². The molecule has 0 spiro atoms. The smallest absolute Gasteiger partial charge is 0.357 e. The van der Waals surface area contributed by atoms with Gasteiger partial charge in [0, 0.05) is 22.7 Å². The standard InChI is InChI=1S/C28H22ClF3N2O2/c1-16-10-12-17(13-11-16)18-14-22-25(24(35)15-18)26(19-6-2-3-7-20(19)29)34(27(36)28(30,31)32)23-9-5-4-8-21(23)33-22/h2-13,18,26,33H,14-15H2,1H3/t18-,26+/m1/s1. The summed E-state index contributed by atoms with van der Waals surface area (Å²) in [6.45, 7) is 1.97. The summed E-state index contributed by atoms with van der Waals surface area (Å²) >= 11 is 6.47. The molecular formula is C28H22ClF3N2O2. The van der Waals surface area contributed by atoms with Gasteiger partial charge in [-0.25, -0.2) is 0 Å². The van der Waals surface area contributed by atoms with Crippen LogP contribution in [0.15, 0.2) is 84.1 Å². The molecule has 0 saturated heterocycles. The Hall–Kier alpha value is -3.58. The Balaban J connectivity index is 1.74. The molecule has 0 bridgehead atoms. The minimum Gasteiger partial charge on any atom is -0.357 e. The second-order valence-corrected chi connectivity index (χ2v) is 9.48. The molecule has 1 N–H and O–H groups in total. The zero-order valence-corrected chi connectivity index (χ0v) is 20.0. The molecule has 4 nitrogen and oxygen atoms in total. The van der Waals surface area contributed by atoms with Gasteiger partial charge in [-0.1, -0.05) is 71.8 Å². The molecule has 0 aromatic heterocycles. The van der Waals surface area contributed by atoms with E-state index in [-0.39, 0.29) is 40.0 Å². The zero-order chi connectivity index (χ0) is 25.6. The van der Waals surface area contributed by atoms with Crippen molar-refractivity contribution < 1.29 is 22.8 Å². The zero-order valence-electron chi connectivity index (χ0n) is 19.3. The predicted octanol–water partition coefficient (Wildman–Crippen LogP) is 7.11. The maximum atomic E-state index is 13.9. The third-order valence-corrected chi connectivity index (χ3v) is 7.04. The lowest BCUT2D eigenvalue weighted by molar-refractivity contribution is -0.170. The van der Waals surface area contributed by atoms with Crippen LogP contribution in [-0.2, 0) is 9.59 Å². The summed E-state index contributed by atoms with van der Waals surface area (Å²) in [6.07, 6.45) is -4.66. The average molecular weight is 511 g/mol. The van der Waals surface area contributed by atoms with Crippen LogP contribution in [0.2, 0.25) is 5.02 Å². The largest absolute Gasteiger partial charge is 0.471 e. The summed E-state index contributed by atoms with van der Waals surface area (Å²) in [5, 5.41) is 3.38. The predicted molar refractivity (Wildman–Crippen MR) is 133 cm³/mol. The summed E-state index contributed by atoms with van der Waals surface area (Å²) in [4.78, 5) is 27.3. The number of rotatable bonds is 2. The molecule has 1 amide bonds. The monoisotopic (exact) mass is 510 g/mol. The van der Waals surface area contributed by atoms with E-state index in [9.17, 15) is 22.8 Å². The van der Waals surface area contributed by atoms with E-state index >= 15 is 0 Å². The molecule has 184 valence electrons. The van der Waals surface area contributed by atoms with Crippen molar-refractivity contribution in [1.82, 2.24) is 0 Å². The fraction of sp³-hybridized carbons (Fsp3) is 0.214. The first-order valence-corrected chi connectivity index (χ1v) is 11.9. The summed E-state index contributed by atoms with van der Waals surface area (Å²) in [5.41, 5.74) is 3.27. The highest BCUT2D eigenvalue weighted by atomic mass is 35.5. The highest BCUT2D eigenvalue weighted by Gasteiger charge is 2.50. The number of carbonyl (C=O) groups is 2. The first-order valence-electron chi connectivity index (χ1n) is 11.5. The van der Waals surface area contributed by atoms with Crippen molar-refractivity contribution in [2.75, 3.05) is 10.2 Å². The fourth-order valence-corrected chi connectivity index (χ4v) is 5.25. The van der Waals surface area contributed by atoms with Crippen molar-refractivity contribution >= 4 is 34.7 Å². The van der Waals surface area contributed by atoms with Crippen molar-refractivity contribution in [2.24, 2.45) is 0 Å². The van der Waals surface area contributed by atoms with Crippen molar-refractivity contribution in [1.29, 1.82) is 0 Å². The van der Waals surface area contributed by atoms with Gasteiger partial charge in [0.15, 0.2) is 5.78 Å². The summed E-state index contributed by atoms with van der Waals surface area (Å²) in [7, 11) is 0. The van der Waals surface area contributed by atoms with E-state index in [1.54, 1.807) is 42.5 Å². The van der Waals surface area contributed by atoms with Gasteiger partial charge < -0.3 is 5.32 Å². The molecule has 0 fully saturated rings. The highest BCUT2D eigenvalue weighted by Crippen LogP contribution is 2.49. The van der Waals surface area contributed by atoms with Crippen LogP contribution in [0.3, 0.4) is 0 Å². The minimum atomic E-state index is -5.17. The molecule has 1 aliphatic carbocycles. The SMILES string of the molecule is Cc1ccc([C@H]2CC(=O)C3=C(C2)Nc2ccccc2N(C(=O)C(F)(F)F)[C@H]3c2ccccc2Cl)cc1. The Morgan fingerprint density at radius 3 is 2.33 bits per heavy atom. The topological polar surface area (TPSA) is 49.4 Å². The van der Waals surface area contributed by atoms with Crippen LogP contribution in [0.5, 0.6) is 0 Å². The molecule has 5 rings (SSSR count). The number of anilines is 2. The van der Waals surface area contributed by atoms with Crippen molar-refractivity contribution in [3.8, 4) is 0 Å². The number of alkyl halides is 3. The number of para-hydroxylation sites is 2. The Morgan fingerprint density at radius 2 is 1.64 bits per heavy atom. The van der Waals surface area contributed by atoms with Crippen LogP contribution in [0.4, 0.5) is 24.5 Å². The Labute approximate surface area is 211 Å². The van der Waals surface area contributed by atoms with Crippen LogP contribution in [0.1, 0.15) is 41.5 Å². The van der Waals surface area contributed by atoms with Gasteiger partial charge in [0.1, 0.15) is 0 Å². The number of nitrogens with zero attached hydrogens (tertiary/aromatic N) is 1. The number of amides is 1. The van der Waals surface area contributed by atoms with E-state index < -0.39 is 18.1 Å². The van der Waals surface area contributed by atoms with Gasteiger partial charge in [-0.05, 0) is 48.6 Å². The van der Waals surface area contributed by atoms with Crippen molar-refractivity contribution in [3.05, 3.63) is 106 Å². The lowest BCUT2D eigenvalue weighted by Gasteiger charge is -2.35. The fourth-order valence-electron chi connectivity index (χ4n) is 5.02. The summed E-state index contributed by atoms with van der Waals surface area (Å²) in [6, 6.07) is 19.2. The van der Waals surface area contributed by atoms with Gasteiger partial charge in [-0.15, -0.1) is 0 Å². The van der Waals surface area contributed by atoms with Gasteiger partial charge in [0.25, 0.3) is 0 Å². The highest BCUT2D eigenvalue weighted by molar-refractivity contribution is 6.31. The van der Waals surface area contributed by atoms with E-state index in [0.717, 1.165) is 11.1 Å². The van der Waals surface area contributed by atoms with Crippen LogP contribution in [0, 0.1) is 6.92 Å². The van der Waals surface area contributed by atoms with E-state index in [0.29, 0.717) is 22.7 Å². The molecule has 3 aromatic carbocycles. The molecular weight excluding hydrogens is 489 g/mol. The molecule has 1 heterocycles. The van der Waals surface area contributed by atoms with Gasteiger partial charge in [0.05, 0.1) is 17.4 Å². The first-order chi connectivity index (χ1) is 17.1. The Morgan fingerprint density at radius 1 is 0.972 bits per heavy atom. The molecule has 36 heavy (non-hydrogen) atoms. The van der Waals surface area contributed by atoms with Gasteiger partial charge >= 0.3 is 12.1 Å². The maximum Gasteiger partial charge on any atom is 0.471 e. The number of allylic oxidation sites excluding steroid dienone is 1.